The third kappa shape index (κ3) is 3.50. The summed E-state index contributed by atoms with van der Waals surface area (Å²) in [6.45, 7) is 5.22. The number of hydrogen-bond donors (Lipinski definition) is 1. The minimum atomic E-state index is -1.05. The molecule has 22 heavy (non-hydrogen) atoms. The Morgan fingerprint density at radius 2 is 2.09 bits per heavy atom. The maximum Gasteiger partial charge on any atom is 0.411 e. The summed E-state index contributed by atoms with van der Waals surface area (Å²) in [5.74, 6) is -1.05. The largest absolute Gasteiger partial charge is 0.480 e. The molecule has 7 heteroatoms. The maximum absolute atomic E-state index is 12.4. The van der Waals surface area contributed by atoms with Gasteiger partial charge in [-0.25, -0.2) is 9.59 Å². The molecule has 120 valence electrons. The van der Waals surface area contributed by atoms with Gasteiger partial charge < -0.3 is 9.84 Å². The molecule has 0 bridgehead atoms. The summed E-state index contributed by atoms with van der Waals surface area (Å²) in [6.07, 6.45) is 3.32. The van der Waals surface area contributed by atoms with E-state index in [1.807, 2.05) is 0 Å². The van der Waals surface area contributed by atoms with Crippen LogP contribution >= 0.6 is 11.6 Å². The number of hydrogen-bond acceptors (Lipinski definition) is 4. The van der Waals surface area contributed by atoms with Crippen molar-refractivity contribution in [3.8, 4) is 0 Å². The van der Waals surface area contributed by atoms with Gasteiger partial charge in [0, 0.05) is 23.0 Å². The Bertz CT molecular complexity index is 585. The van der Waals surface area contributed by atoms with Crippen LogP contribution in [0.1, 0.15) is 45.2 Å². The monoisotopic (exact) mass is 326 g/mol. The summed E-state index contributed by atoms with van der Waals surface area (Å²) >= 11 is 6.17. The Labute approximate surface area is 134 Å². The molecular formula is C15H19ClN2O4. The van der Waals surface area contributed by atoms with Crippen LogP contribution in [-0.4, -0.2) is 38.7 Å². The van der Waals surface area contributed by atoms with Gasteiger partial charge in [-0.05, 0) is 39.7 Å². The van der Waals surface area contributed by atoms with Crippen LogP contribution in [0.5, 0.6) is 0 Å². The van der Waals surface area contributed by atoms with Crippen LogP contribution in [0, 0.1) is 0 Å². The van der Waals surface area contributed by atoms with Crippen molar-refractivity contribution < 1.29 is 19.4 Å². The summed E-state index contributed by atoms with van der Waals surface area (Å²) in [5.41, 5.74) is -0.0646. The quantitative estimate of drug-likeness (QED) is 0.902. The van der Waals surface area contributed by atoms with Gasteiger partial charge in [-0.1, -0.05) is 11.6 Å². The molecule has 0 aromatic carbocycles. The standard InChI is InChI=1S/C15H19ClN2O4/c1-15(2,3)22-14(21)18-11(4-5-12(18)13(19)20)9-8-17-7-6-10(9)16/h6-8,11-12H,4-5H2,1-3H3,(H,19,20)/t11-,12+/m1/s1. The first-order chi connectivity index (χ1) is 10.2. The molecule has 2 rings (SSSR count). The Morgan fingerprint density at radius 1 is 1.41 bits per heavy atom. The molecule has 2 heterocycles. The number of pyridine rings is 1. The molecule has 2 atom stereocenters. The van der Waals surface area contributed by atoms with Gasteiger partial charge in [-0.15, -0.1) is 0 Å². The summed E-state index contributed by atoms with van der Waals surface area (Å²) in [6, 6.07) is 0.256. The fraction of sp³-hybridized carbons (Fsp3) is 0.533. The van der Waals surface area contributed by atoms with E-state index < -0.39 is 29.7 Å². The summed E-state index contributed by atoms with van der Waals surface area (Å²) in [5, 5.41) is 9.82. The number of aliphatic carboxylic acids is 1. The average Bonchev–Trinajstić information content (AvgIpc) is 2.82. The highest BCUT2D eigenvalue weighted by Gasteiger charge is 2.44. The molecule has 0 aliphatic carbocycles. The molecule has 6 nitrogen and oxygen atoms in total. The first-order valence-electron chi connectivity index (χ1n) is 7.04. The van der Waals surface area contributed by atoms with E-state index in [1.54, 1.807) is 39.2 Å². The zero-order chi connectivity index (χ0) is 16.5. The highest BCUT2D eigenvalue weighted by atomic mass is 35.5. The molecule has 0 spiro atoms. The van der Waals surface area contributed by atoms with E-state index in [1.165, 1.54) is 4.90 Å². The van der Waals surface area contributed by atoms with Crippen LogP contribution in [-0.2, 0) is 9.53 Å². The number of halogens is 1. The van der Waals surface area contributed by atoms with Crippen LogP contribution in [0.4, 0.5) is 4.79 Å². The average molecular weight is 327 g/mol. The van der Waals surface area contributed by atoms with Gasteiger partial charge in [0.1, 0.15) is 11.6 Å². The van der Waals surface area contributed by atoms with Crippen LogP contribution < -0.4 is 0 Å². The molecule has 0 radical (unpaired) electrons. The smallest absolute Gasteiger partial charge is 0.411 e. The van der Waals surface area contributed by atoms with Crippen molar-refractivity contribution in [3.63, 3.8) is 0 Å². The molecule has 1 saturated heterocycles. The minimum Gasteiger partial charge on any atom is -0.480 e. The van der Waals surface area contributed by atoms with Gasteiger partial charge in [0.2, 0.25) is 0 Å². The number of likely N-dealkylation sites (tertiary alicyclic amines) is 1. The molecule has 0 saturated carbocycles. The number of carbonyl (C=O) groups is 2. The summed E-state index contributed by atoms with van der Waals surface area (Å²) in [7, 11) is 0. The van der Waals surface area contributed by atoms with Crippen LogP contribution in [0.2, 0.25) is 5.02 Å². The maximum atomic E-state index is 12.4. The molecule has 1 aliphatic heterocycles. The van der Waals surface area contributed by atoms with Crippen molar-refractivity contribution in [1.82, 2.24) is 9.88 Å². The van der Waals surface area contributed by atoms with Gasteiger partial charge in [0.25, 0.3) is 0 Å². The highest BCUT2D eigenvalue weighted by molar-refractivity contribution is 6.31. The third-order valence-corrected chi connectivity index (χ3v) is 3.77. The fourth-order valence-corrected chi connectivity index (χ4v) is 2.79. The molecule has 1 aliphatic rings. The molecule has 1 N–H and O–H groups in total. The SMILES string of the molecule is CC(C)(C)OC(=O)N1[C@@H](c2cnccc2Cl)CC[C@H]1C(=O)O. The second kappa shape index (κ2) is 6.12. The Hall–Kier alpha value is -1.82. The van der Waals surface area contributed by atoms with E-state index in [4.69, 9.17) is 16.3 Å². The molecule has 1 aromatic rings. The number of amides is 1. The lowest BCUT2D eigenvalue weighted by Crippen LogP contribution is -2.44. The molecule has 1 amide bonds. The van der Waals surface area contributed by atoms with Gasteiger partial charge >= 0.3 is 12.1 Å². The number of ether oxygens (including phenoxy) is 1. The van der Waals surface area contributed by atoms with E-state index in [9.17, 15) is 14.7 Å². The molecule has 1 aromatic heterocycles. The third-order valence-electron chi connectivity index (χ3n) is 3.43. The number of rotatable bonds is 2. The second-order valence-corrected chi connectivity index (χ2v) is 6.64. The fourth-order valence-electron chi connectivity index (χ4n) is 2.56. The first kappa shape index (κ1) is 16.5. The summed E-state index contributed by atoms with van der Waals surface area (Å²) < 4.78 is 5.35. The second-order valence-electron chi connectivity index (χ2n) is 6.23. The van der Waals surface area contributed by atoms with Crippen LogP contribution in [0.15, 0.2) is 18.5 Å². The van der Waals surface area contributed by atoms with Crippen LogP contribution in [0.25, 0.3) is 0 Å². The van der Waals surface area contributed by atoms with E-state index in [0.29, 0.717) is 23.4 Å². The number of nitrogens with zero attached hydrogens (tertiary/aromatic N) is 2. The molecule has 0 unspecified atom stereocenters. The van der Waals surface area contributed by atoms with E-state index in [0.717, 1.165) is 0 Å². The zero-order valence-corrected chi connectivity index (χ0v) is 13.5. The van der Waals surface area contributed by atoms with Crippen molar-refractivity contribution in [1.29, 1.82) is 0 Å². The molecular weight excluding hydrogens is 308 g/mol. The lowest BCUT2D eigenvalue weighted by Gasteiger charge is -2.31. The van der Waals surface area contributed by atoms with Gasteiger partial charge in [-0.2, -0.15) is 0 Å². The van der Waals surface area contributed by atoms with Crippen molar-refractivity contribution in [2.75, 3.05) is 0 Å². The summed E-state index contributed by atoms with van der Waals surface area (Å²) in [4.78, 5) is 29.2. The van der Waals surface area contributed by atoms with Gasteiger partial charge in [-0.3, -0.25) is 9.88 Å². The number of carboxylic acid groups (broad SMARTS) is 1. The van der Waals surface area contributed by atoms with Crippen molar-refractivity contribution in [3.05, 3.63) is 29.0 Å². The minimum absolute atomic E-state index is 0.352. The number of carbonyl (C=O) groups excluding carboxylic acids is 1. The first-order valence-corrected chi connectivity index (χ1v) is 7.42. The van der Waals surface area contributed by atoms with E-state index in [2.05, 4.69) is 4.98 Å². The molecule has 1 fully saturated rings. The Morgan fingerprint density at radius 3 is 2.64 bits per heavy atom. The zero-order valence-electron chi connectivity index (χ0n) is 12.7. The van der Waals surface area contributed by atoms with Gasteiger partial charge in [0.05, 0.1) is 6.04 Å². The van der Waals surface area contributed by atoms with Crippen molar-refractivity contribution >= 4 is 23.7 Å². The number of carboxylic acids is 1. The topological polar surface area (TPSA) is 79.7 Å². The van der Waals surface area contributed by atoms with E-state index >= 15 is 0 Å². The van der Waals surface area contributed by atoms with E-state index in [-0.39, 0.29) is 0 Å². The predicted octanol–water partition coefficient (Wildman–Crippen LogP) is 3.26. The lowest BCUT2D eigenvalue weighted by atomic mass is 10.1. The normalized spacial score (nSPS) is 21.7. The highest BCUT2D eigenvalue weighted by Crippen LogP contribution is 2.39. The Balaban J connectivity index is 2.35. The number of aromatic nitrogens is 1. The van der Waals surface area contributed by atoms with Gasteiger partial charge in [0.15, 0.2) is 0 Å². The van der Waals surface area contributed by atoms with Crippen molar-refractivity contribution in [2.24, 2.45) is 0 Å². The predicted molar refractivity (Wildman–Crippen MR) is 80.7 cm³/mol. The Kier molecular flexibility index (Phi) is 4.60. The van der Waals surface area contributed by atoms with Crippen molar-refractivity contribution in [2.45, 2.75) is 51.3 Å². The lowest BCUT2D eigenvalue weighted by molar-refractivity contribution is -0.142. The van der Waals surface area contributed by atoms with Crippen LogP contribution in [0.3, 0.4) is 0 Å².